The minimum absolute atomic E-state index is 0.119. The smallest absolute Gasteiger partial charge is 0.289 e. The molecule has 7 nitrogen and oxygen atoms in total. The summed E-state index contributed by atoms with van der Waals surface area (Å²) in [4.78, 5) is 43.3. The summed E-state index contributed by atoms with van der Waals surface area (Å²) in [6, 6.07) is 12.7. The number of carbonyl (C=O) groups is 3. The topological polar surface area (TPSA) is 83.8 Å². The Morgan fingerprint density at radius 3 is 2.72 bits per heavy atom. The fourth-order valence-electron chi connectivity index (χ4n) is 3.42. The molecule has 2 aromatic carbocycles. The number of fused-ring (bicyclic) bond motifs is 1. The number of imidazole rings is 1. The molecule has 2 aromatic heterocycles. The molecule has 0 unspecified atom stereocenters. The van der Waals surface area contributed by atoms with Gasteiger partial charge in [-0.1, -0.05) is 23.9 Å². The van der Waals surface area contributed by atoms with Gasteiger partial charge in [-0.25, -0.2) is 9.37 Å². The van der Waals surface area contributed by atoms with E-state index in [9.17, 15) is 18.8 Å². The molecule has 0 radical (unpaired) electrons. The first-order valence-corrected chi connectivity index (χ1v) is 11.4. The lowest BCUT2D eigenvalue weighted by Crippen LogP contribution is -2.28. The Morgan fingerprint density at radius 2 is 1.97 bits per heavy atom. The van der Waals surface area contributed by atoms with Crippen molar-refractivity contribution in [3.05, 3.63) is 77.1 Å². The second-order valence-electron chi connectivity index (χ2n) is 7.06. The van der Waals surface area contributed by atoms with Crippen molar-refractivity contribution in [3.8, 4) is 11.3 Å². The highest BCUT2D eigenvalue weighted by Gasteiger charge is 2.29. The maximum Gasteiger partial charge on any atom is 0.289 e. The second-order valence-corrected chi connectivity index (χ2v) is 8.86. The van der Waals surface area contributed by atoms with E-state index in [4.69, 9.17) is 0 Å². The van der Waals surface area contributed by atoms with Crippen molar-refractivity contribution in [2.75, 3.05) is 11.1 Å². The van der Waals surface area contributed by atoms with Crippen LogP contribution in [-0.2, 0) is 11.3 Å². The van der Waals surface area contributed by atoms with Crippen LogP contribution in [0.4, 0.5) is 15.0 Å². The van der Waals surface area contributed by atoms with E-state index in [0.717, 1.165) is 11.8 Å². The SMILES string of the molecule is O=C(Nc1c(-c2ccc(F)cc2)nc2sccn12)c1cccc(CN2C(=O)CSC2=O)c1. The normalized spacial score (nSPS) is 13.8. The molecule has 0 atom stereocenters. The van der Waals surface area contributed by atoms with Gasteiger partial charge in [-0.3, -0.25) is 23.7 Å². The number of hydrogen-bond donors (Lipinski definition) is 1. The van der Waals surface area contributed by atoms with Crippen LogP contribution < -0.4 is 5.32 Å². The van der Waals surface area contributed by atoms with Crippen molar-refractivity contribution in [1.29, 1.82) is 0 Å². The Labute approximate surface area is 189 Å². The summed E-state index contributed by atoms with van der Waals surface area (Å²) < 4.78 is 15.1. The standard InChI is InChI=1S/C22H15FN4O3S2/c23-16-6-4-14(5-7-16)18-19(26-8-9-31-21(26)24-18)25-20(29)15-3-1-2-13(10-15)11-27-17(28)12-32-22(27)30/h1-10H,11-12H2,(H,25,29). The first-order chi connectivity index (χ1) is 15.5. The molecule has 0 aliphatic carbocycles. The molecule has 4 aromatic rings. The molecule has 0 bridgehead atoms. The van der Waals surface area contributed by atoms with Crippen molar-refractivity contribution in [2.24, 2.45) is 0 Å². The maximum atomic E-state index is 13.4. The van der Waals surface area contributed by atoms with Crippen LogP contribution in [0.5, 0.6) is 0 Å². The van der Waals surface area contributed by atoms with Crippen LogP contribution in [0.15, 0.2) is 60.1 Å². The Hall–Kier alpha value is -3.50. The van der Waals surface area contributed by atoms with Gasteiger partial charge in [0.15, 0.2) is 4.96 Å². The van der Waals surface area contributed by atoms with Gasteiger partial charge in [0.2, 0.25) is 5.91 Å². The van der Waals surface area contributed by atoms with Crippen LogP contribution in [0.3, 0.4) is 0 Å². The second kappa shape index (κ2) is 8.21. The van der Waals surface area contributed by atoms with Gasteiger partial charge in [0.05, 0.1) is 12.3 Å². The molecule has 160 valence electrons. The number of anilines is 1. The fraction of sp³-hybridized carbons (Fsp3) is 0.0909. The van der Waals surface area contributed by atoms with Crippen molar-refractivity contribution < 1.29 is 18.8 Å². The lowest BCUT2D eigenvalue weighted by molar-refractivity contribution is -0.125. The van der Waals surface area contributed by atoms with E-state index in [1.807, 2.05) is 5.38 Å². The number of halogens is 1. The zero-order valence-corrected chi connectivity index (χ0v) is 18.1. The molecule has 3 amide bonds. The molecule has 1 aliphatic heterocycles. The summed E-state index contributed by atoms with van der Waals surface area (Å²) in [7, 11) is 0. The van der Waals surface area contributed by atoms with Gasteiger partial charge in [0.25, 0.3) is 11.1 Å². The van der Waals surface area contributed by atoms with Gasteiger partial charge in [0, 0.05) is 22.7 Å². The number of nitrogens with zero attached hydrogens (tertiary/aromatic N) is 3. The van der Waals surface area contributed by atoms with E-state index in [0.29, 0.717) is 33.2 Å². The Balaban J connectivity index is 1.44. The minimum Gasteiger partial charge on any atom is -0.306 e. The highest BCUT2D eigenvalue weighted by molar-refractivity contribution is 8.14. The van der Waals surface area contributed by atoms with Gasteiger partial charge in [0.1, 0.15) is 17.3 Å². The van der Waals surface area contributed by atoms with Crippen molar-refractivity contribution >= 4 is 50.9 Å². The zero-order chi connectivity index (χ0) is 22.2. The van der Waals surface area contributed by atoms with Crippen LogP contribution in [0, 0.1) is 5.82 Å². The van der Waals surface area contributed by atoms with Crippen LogP contribution in [-0.4, -0.2) is 37.1 Å². The Morgan fingerprint density at radius 1 is 1.16 bits per heavy atom. The Bertz CT molecular complexity index is 1350. The average molecular weight is 467 g/mol. The molecule has 32 heavy (non-hydrogen) atoms. The van der Waals surface area contributed by atoms with Crippen LogP contribution in [0.2, 0.25) is 0 Å². The third-order valence-electron chi connectivity index (χ3n) is 4.98. The van der Waals surface area contributed by atoms with E-state index in [-0.39, 0.29) is 35.2 Å². The quantitative estimate of drug-likeness (QED) is 0.463. The van der Waals surface area contributed by atoms with Gasteiger partial charge in [-0.2, -0.15) is 0 Å². The molecule has 3 heterocycles. The van der Waals surface area contributed by atoms with Gasteiger partial charge >= 0.3 is 0 Å². The summed E-state index contributed by atoms with van der Waals surface area (Å²) in [5.74, 6) is -0.340. The third-order valence-corrected chi connectivity index (χ3v) is 6.60. The number of imide groups is 1. The van der Waals surface area contributed by atoms with Gasteiger partial charge < -0.3 is 5.32 Å². The monoisotopic (exact) mass is 466 g/mol. The van der Waals surface area contributed by atoms with E-state index < -0.39 is 0 Å². The number of thioether (sulfide) groups is 1. The maximum absolute atomic E-state index is 13.4. The number of aromatic nitrogens is 2. The van der Waals surface area contributed by atoms with Gasteiger partial charge in [-0.05, 0) is 42.0 Å². The van der Waals surface area contributed by atoms with Gasteiger partial charge in [-0.15, -0.1) is 11.3 Å². The molecule has 1 saturated heterocycles. The van der Waals surface area contributed by atoms with Crippen LogP contribution in [0.1, 0.15) is 15.9 Å². The molecular weight excluding hydrogens is 451 g/mol. The molecule has 1 aliphatic rings. The first-order valence-electron chi connectivity index (χ1n) is 9.58. The number of hydrogen-bond acceptors (Lipinski definition) is 6. The number of thiazole rings is 1. The first kappa shape index (κ1) is 20.4. The summed E-state index contributed by atoms with van der Waals surface area (Å²) >= 11 is 2.39. The number of benzene rings is 2. The lowest BCUT2D eigenvalue weighted by atomic mass is 10.1. The molecule has 5 rings (SSSR count). The average Bonchev–Trinajstić information content (AvgIpc) is 3.47. The van der Waals surface area contributed by atoms with Crippen LogP contribution in [0.25, 0.3) is 16.2 Å². The summed E-state index contributed by atoms with van der Waals surface area (Å²) in [5.41, 5.74) is 2.26. The van der Waals surface area contributed by atoms with E-state index in [1.165, 1.54) is 28.4 Å². The fourth-order valence-corrected chi connectivity index (χ4v) is 4.86. The predicted molar refractivity (Wildman–Crippen MR) is 121 cm³/mol. The van der Waals surface area contributed by atoms with E-state index in [2.05, 4.69) is 10.3 Å². The van der Waals surface area contributed by atoms with Crippen molar-refractivity contribution in [2.45, 2.75) is 6.54 Å². The highest BCUT2D eigenvalue weighted by Crippen LogP contribution is 2.31. The van der Waals surface area contributed by atoms with E-state index >= 15 is 0 Å². The summed E-state index contributed by atoms with van der Waals surface area (Å²) in [5, 5.41) is 4.48. The largest absolute Gasteiger partial charge is 0.306 e. The molecule has 1 N–H and O–H groups in total. The van der Waals surface area contributed by atoms with Crippen molar-refractivity contribution in [1.82, 2.24) is 14.3 Å². The number of amides is 3. The highest BCUT2D eigenvalue weighted by atomic mass is 32.2. The lowest BCUT2D eigenvalue weighted by Gasteiger charge is -2.13. The molecule has 10 heteroatoms. The summed E-state index contributed by atoms with van der Waals surface area (Å²) in [6.45, 7) is 0.119. The zero-order valence-electron chi connectivity index (χ0n) is 16.4. The molecule has 0 saturated carbocycles. The number of rotatable bonds is 5. The predicted octanol–water partition coefficient (Wildman–Crippen LogP) is 4.65. The summed E-state index contributed by atoms with van der Waals surface area (Å²) in [6.07, 6.45) is 1.80. The van der Waals surface area contributed by atoms with Crippen molar-refractivity contribution in [3.63, 3.8) is 0 Å². The molecule has 0 spiro atoms. The Kier molecular flexibility index (Phi) is 5.24. The molecular formula is C22H15FN4O3S2. The van der Waals surface area contributed by atoms with E-state index in [1.54, 1.807) is 47.0 Å². The number of nitrogens with one attached hydrogen (secondary N) is 1. The third kappa shape index (κ3) is 3.78. The minimum atomic E-state index is -0.364. The number of carbonyl (C=O) groups excluding carboxylic acids is 3. The van der Waals surface area contributed by atoms with Crippen LogP contribution >= 0.6 is 23.1 Å². The molecule has 1 fully saturated rings.